The highest BCUT2D eigenvalue weighted by Crippen LogP contribution is 2.18. The first-order valence-corrected chi connectivity index (χ1v) is 7.35. The molecule has 0 aliphatic carbocycles. The highest BCUT2D eigenvalue weighted by molar-refractivity contribution is 5.82. The standard InChI is InChI=1S/C14H24N2O5/c1-3-4-5-11(12(17)18)15-14(20)16-8-6-10(7-9-16)13(19)21-2/h10-11H,3-9H2,1-2H3,(H,15,20)(H,17,18)/t11-/m0/s1. The molecule has 0 aromatic heterocycles. The van der Waals surface area contributed by atoms with E-state index in [1.165, 1.54) is 7.11 Å². The summed E-state index contributed by atoms with van der Waals surface area (Å²) in [4.78, 5) is 36.1. The summed E-state index contributed by atoms with van der Waals surface area (Å²) in [6, 6.07) is -1.22. The molecule has 2 N–H and O–H groups in total. The zero-order valence-corrected chi connectivity index (χ0v) is 12.6. The van der Waals surface area contributed by atoms with Gasteiger partial charge < -0.3 is 20.1 Å². The number of amides is 2. The molecule has 1 heterocycles. The first-order valence-electron chi connectivity index (χ1n) is 7.35. The average Bonchev–Trinajstić information content (AvgIpc) is 2.50. The average molecular weight is 300 g/mol. The molecule has 7 heteroatoms. The van der Waals surface area contributed by atoms with Crippen molar-refractivity contribution in [2.75, 3.05) is 20.2 Å². The highest BCUT2D eigenvalue weighted by atomic mass is 16.5. The number of likely N-dealkylation sites (tertiary alicyclic amines) is 1. The van der Waals surface area contributed by atoms with Crippen LogP contribution in [0, 0.1) is 5.92 Å². The number of nitrogens with zero attached hydrogens (tertiary/aromatic N) is 1. The van der Waals surface area contributed by atoms with Crippen LogP contribution in [0.4, 0.5) is 4.79 Å². The van der Waals surface area contributed by atoms with E-state index in [4.69, 9.17) is 5.11 Å². The Balaban J connectivity index is 2.45. The van der Waals surface area contributed by atoms with Gasteiger partial charge in [0.25, 0.3) is 0 Å². The summed E-state index contributed by atoms with van der Waals surface area (Å²) < 4.78 is 4.69. The number of carboxylic acid groups (broad SMARTS) is 1. The van der Waals surface area contributed by atoms with Crippen LogP contribution in [0.1, 0.15) is 39.0 Å². The Kier molecular flexibility index (Phi) is 6.98. The number of piperidine rings is 1. The number of urea groups is 1. The van der Waals surface area contributed by atoms with Crippen molar-refractivity contribution in [3.05, 3.63) is 0 Å². The van der Waals surface area contributed by atoms with E-state index >= 15 is 0 Å². The fourth-order valence-corrected chi connectivity index (χ4v) is 2.39. The van der Waals surface area contributed by atoms with Gasteiger partial charge >= 0.3 is 18.0 Å². The molecule has 1 aliphatic rings. The summed E-state index contributed by atoms with van der Waals surface area (Å²) in [6.45, 7) is 2.84. The van der Waals surface area contributed by atoms with Crippen molar-refractivity contribution in [1.82, 2.24) is 10.2 Å². The molecule has 0 radical (unpaired) electrons. The molecule has 1 rings (SSSR count). The lowest BCUT2D eigenvalue weighted by molar-refractivity contribution is -0.146. The smallest absolute Gasteiger partial charge is 0.326 e. The molecule has 0 aromatic rings. The van der Waals surface area contributed by atoms with Gasteiger partial charge in [-0.2, -0.15) is 0 Å². The Hall–Kier alpha value is -1.79. The molecular weight excluding hydrogens is 276 g/mol. The Labute approximate surface area is 124 Å². The lowest BCUT2D eigenvalue weighted by Gasteiger charge is -2.31. The Morgan fingerprint density at radius 2 is 1.95 bits per heavy atom. The van der Waals surface area contributed by atoms with Crippen molar-refractivity contribution in [3.8, 4) is 0 Å². The number of hydrogen-bond acceptors (Lipinski definition) is 4. The van der Waals surface area contributed by atoms with Crippen molar-refractivity contribution in [2.24, 2.45) is 5.92 Å². The van der Waals surface area contributed by atoms with Crippen molar-refractivity contribution < 1.29 is 24.2 Å². The number of hydrogen-bond donors (Lipinski definition) is 2. The van der Waals surface area contributed by atoms with Crippen LogP contribution in [0.2, 0.25) is 0 Å². The molecule has 0 bridgehead atoms. The molecule has 0 saturated carbocycles. The number of carboxylic acids is 1. The SMILES string of the molecule is CCCC[C@H](NC(=O)N1CCC(C(=O)OC)CC1)C(=O)O. The summed E-state index contributed by atoms with van der Waals surface area (Å²) in [7, 11) is 1.35. The van der Waals surface area contributed by atoms with Gasteiger partial charge in [0.05, 0.1) is 13.0 Å². The lowest BCUT2D eigenvalue weighted by atomic mass is 9.97. The van der Waals surface area contributed by atoms with Gasteiger partial charge in [-0.25, -0.2) is 9.59 Å². The molecule has 7 nitrogen and oxygen atoms in total. The van der Waals surface area contributed by atoms with Crippen LogP contribution < -0.4 is 5.32 Å². The van der Waals surface area contributed by atoms with Crippen molar-refractivity contribution in [3.63, 3.8) is 0 Å². The molecule has 0 aromatic carbocycles. The second-order valence-corrected chi connectivity index (χ2v) is 5.27. The predicted molar refractivity (Wildman–Crippen MR) is 75.8 cm³/mol. The second kappa shape index (κ2) is 8.49. The minimum atomic E-state index is -1.01. The van der Waals surface area contributed by atoms with Gasteiger partial charge in [-0.05, 0) is 19.3 Å². The Morgan fingerprint density at radius 1 is 1.33 bits per heavy atom. The quantitative estimate of drug-likeness (QED) is 0.719. The topological polar surface area (TPSA) is 95.9 Å². The van der Waals surface area contributed by atoms with E-state index in [0.29, 0.717) is 32.4 Å². The number of carbonyl (C=O) groups excluding carboxylic acids is 2. The first-order chi connectivity index (χ1) is 9.99. The zero-order chi connectivity index (χ0) is 15.8. The monoisotopic (exact) mass is 300 g/mol. The van der Waals surface area contributed by atoms with E-state index in [1.807, 2.05) is 6.92 Å². The van der Waals surface area contributed by atoms with E-state index in [2.05, 4.69) is 10.1 Å². The molecule has 1 atom stereocenters. The molecule has 21 heavy (non-hydrogen) atoms. The molecule has 2 amide bonds. The van der Waals surface area contributed by atoms with Crippen LogP contribution in [0.3, 0.4) is 0 Å². The van der Waals surface area contributed by atoms with Crippen LogP contribution in [0.25, 0.3) is 0 Å². The van der Waals surface area contributed by atoms with Gasteiger partial charge in [0.15, 0.2) is 0 Å². The molecular formula is C14H24N2O5. The van der Waals surface area contributed by atoms with E-state index in [0.717, 1.165) is 12.8 Å². The van der Waals surface area contributed by atoms with E-state index in [1.54, 1.807) is 4.90 Å². The first kappa shape index (κ1) is 17.3. The minimum Gasteiger partial charge on any atom is -0.480 e. The number of nitrogens with one attached hydrogen (secondary N) is 1. The van der Waals surface area contributed by atoms with E-state index in [9.17, 15) is 14.4 Å². The molecule has 1 saturated heterocycles. The fourth-order valence-electron chi connectivity index (χ4n) is 2.39. The van der Waals surface area contributed by atoms with Gasteiger partial charge in [-0.1, -0.05) is 19.8 Å². The zero-order valence-electron chi connectivity index (χ0n) is 12.6. The number of esters is 1. The number of rotatable bonds is 6. The van der Waals surface area contributed by atoms with Crippen LogP contribution in [-0.2, 0) is 14.3 Å². The highest BCUT2D eigenvalue weighted by Gasteiger charge is 2.29. The van der Waals surface area contributed by atoms with Crippen LogP contribution in [0.5, 0.6) is 0 Å². The maximum absolute atomic E-state index is 12.1. The number of ether oxygens (including phenoxy) is 1. The summed E-state index contributed by atoms with van der Waals surface area (Å²) >= 11 is 0. The molecule has 120 valence electrons. The van der Waals surface area contributed by atoms with Gasteiger partial charge in [0.1, 0.15) is 6.04 Å². The predicted octanol–water partition coefficient (Wildman–Crippen LogP) is 1.22. The maximum atomic E-state index is 12.1. The van der Waals surface area contributed by atoms with Crippen molar-refractivity contribution >= 4 is 18.0 Å². The third kappa shape index (κ3) is 5.24. The van der Waals surface area contributed by atoms with Gasteiger partial charge in [-0.3, -0.25) is 4.79 Å². The largest absolute Gasteiger partial charge is 0.480 e. The van der Waals surface area contributed by atoms with Crippen LogP contribution in [0.15, 0.2) is 0 Å². The number of carbonyl (C=O) groups is 3. The summed E-state index contributed by atoms with van der Waals surface area (Å²) in [6.07, 6.45) is 3.15. The summed E-state index contributed by atoms with van der Waals surface area (Å²) in [5, 5.41) is 11.6. The maximum Gasteiger partial charge on any atom is 0.326 e. The van der Waals surface area contributed by atoms with Crippen LogP contribution >= 0.6 is 0 Å². The second-order valence-electron chi connectivity index (χ2n) is 5.27. The van der Waals surface area contributed by atoms with Gasteiger partial charge in [-0.15, -0.1) is 0 Å². The third-order valence-corrected chi connectivity index (χ3v) is 3.76. The van der Waals surface area contributed by atoms with Gasteiger partial charge in [0, 0.05) is 13.1 Å². The lowest BCUT2D eigenvalue weighted by Crippen LogP contribution is -2.50. The normalized spacial score (nSPS) is 17.1. The van der Waals surface area contributed by atoms with Gasteiger partial charge in [0.2, 0.25) is 0 Å². The number of unbranched alkanes of at least 4 members (excludes halogenated alkanes) is 1. The molecule has 0 unspecified atom stereocenters. The Morgan fingerprint density at radius 3 is 2.43 bits per heavy atom. The fraction of sp³-hybridized carbons (Fsp3) is 0.786. The minimum absolute atomic E-state index is 0.172. The Bertz CT molecular complexity index is 378. The van der Waals surface area contributed by atoms with E-state index in [-0.39, 0.29) is 17.9 Å². The molecule has 1 fully saturated rings. The summed E-state index contributed by atoms with van der Waals surface area (Å²) in [5.41, 5.74) is 0. The molecule has 0 spiro atoms. The number of methoxy groups -OCH3 is 1. The van der Waals surface area contributed by atoms with Crippen molar-refractivity contribution in [2.45, 2.75) is 45.1 Å². The molecule has 1 aliphatic heterocycles. The number of aliphatic carboxylic acids is 1. The summed E-state index contributed by atoms with van der Waals surface area (Å²) in [5.74, 6) is -1.43. The van der Waals surface area contributed by atoms with Crippen molar-refractivity contribution in [1.29, 1.82) is 0 Å². The van der Waals surface area contributed by atoms with Crippen LogP contribution in [-0.4, -0.2) is 54.2 Å². The van der Waals surface area contributed by atoms with E-state index < -0.39 is 12.0 Å². The third-order valence-electron chi connectivity index (χ3n) is 3.76.